The Hall–Kier alpha value is -3.54. The van der Waals surface area contributed by atoms with E-state index in [0.29, 0.717) is 25.1 Å². The van der Waals surface area contributed by atoms with Crippen molar-refractivity contribution in [2.75, 3.05) is 27.2 Å². The van der Waals surface area contributed by atoms with Gasteiger partial charge in [0.25, 0.3) is 5.91 Å². The van der Waals surface area contributed by atoms with Crippen LogP contribution in [-0.2, 0) is 11.2 Å². The third kappa shape index (κ3) is 4.54. The standard InChI is InChI=1S/C26H28N4O2/c1-29(2)25(32)26(11-6-14-30(19-26)24(31)23-10-5-13-28-18-23)16-20-7-3-8-21(15-20)22-9-4-12-27-17-22/h3-5,7-10,12-13,15,17-18H,6,11,14,16,19H2,1-2H3/t26-/m0/s1. The zero-order chi connectivity index (χ0) is 22.6. The Morgan fingerprint density at radius 2 is 1.75 bits per heavy atom. The SMILES string of the molecule is CN(C)C(=O)[C@]1(Cc2cccc(-c3cccnc3)c2)CCCN(C(=O)c2cccnc2)C1. The van der Waals surface area contributed by atoms with E-state index in [2.05, 4.69) is 28.2 Å². The lowest BCUT2D eigenvalue weighted by Gasteiger charge is -2.43. The van der Waals surface area contributed by atoms with Gasteiger partial charge < -0.3 is 9.80 Å². The predicted molar refractivity (Wildman–Crippen MR) is 124 cm³/mol. The summed E-state index contributed by atoms with van der Waals surface area (Å²) >= 11 is 0. The molecule has 1 atom stereocenters. The molecule has 0 radical (unpaired) electrons. The molecule has 2 aromatic heterocycles. The molecular weight excluding hydrogens is 400 g/mol. The second-order valence-corrected chi connectivity index (χ2v) is 8.67. The molecule has 2 amide bonds. The smallest absolute Gasteiger partial charge is 0.255 e. The van der Waals surface area contributed by atoms with Gasteiger partial charge in [0, 0.05) is 52.0 Å². The quantitative estimate of drug-likeness (QED) is 0.622. The predicted octanol–water partition coefficient (Wildman–Crippen LogP) is 3.70. The Balaban J connectivity index is 1.64. The molecule has 32 heavy (non-hydrogen) atoms. The number of hydrogen-bond acceptors (Lipinski definition) is 4. The minimum absolute atomic E-state index is 0.0629. The zero-order valence-corrected chi connectivity index (χ0v) is 18.6. The van der Waals surface area contributed by atoms with Crippen LogP contribution in [0.5, 0.6) is 0 Å². The van der Waals surface area contributed by atoms with E-state index in [4.69, 9.17) is 0 Å². The van der Waals surface area contributed by atoms with Gasteiger partial charge in [-0.25, -0.2) is 0 Å². The van der Waals surface area contributed by atoms with Gasteiger partial charge in [0.2, 0.25) is 5.91 Å². The van der Waals surface area contributed by atoms with Gasteiger partial charge in [-0.05, 0) is 54.2 Å². The number of carbonyl (C=O) groups is 2. The molecule has 3 aromatic rings. The second-order valence-electron chi connectivity index (χ2n) is 8.67. The fraction of sp³-hybridized carbons (Fsp3) is 0.308. The summed E-state index contributed by atoms with van der Waals surface area (Å²) in [4.78, 5) is 38.3. The molecule has 6 heteroatoms. The number of benzene rings is 1. The lowest BCUT2D eigenvalue weighted by Crippen LogP contribution is -2.54. The summed E-state index contributed by atoms with van der Waals surface area (Å²) in [5.41, 5.74) is 3.09. The average Bonchev–Trinajstić information content (AvgIpc) is 2.84. The highest BCUT2D eigenvalue weighted by molar-refractivity contribution is 5.94. The van der Waals surface area contributed by atoms with Crippen molar-refractivity contribution < 1.29 is 9.59 Å². The molecule has 0 aliphatic carbocycles. The van der Waals surface area contributed by atoms with E-state index in [1.54, 1.807) is 49.7 Å². The number of nitrogens with zero attached hydrogens (tertiary/aromatic N) is 4. The normalized spacial score (nSPS) is 18.2. The molecule has 1 aliphatic rings. The van der Waals surface area contributed by atoms with Crippen molar-refractivity contribution in [2.45, 2.75) is 19.3 Å². The van der Waals surface area contributed by atoms with Crippen LogP contribution in [-0.4, -0.2) is 58.8 Å². The molecule has 0 N–H and O–H groups in total. The van der Waals surface area contributed by atoms with Gasteiger partial charge in [-0.1, -0.05) is 30.3 Å². The summed E-state index contributed by atoms with van der Waals surface area (Å²) in [7, 11) is 3.58. The van der Waals surface area contributed by atoms with Crippen molar-refractivity contribution in [3.63, 3.8) is 0 Å². The van der Waals surface area contributed by atoms with Gasteiger partial charge in [-0.2, -0.15) is 0 Å². The third-order valence-electron chi connectivity index (χ3n) is 6.10. The molecule has 164 valence electrons. The first-order valence-corrected chi connectivity index (χ1v) is 10.9. The van der Waals surface area contributed by atoms with Crippen molar-refractivity contribution in [3.8, 4) is 11.1 Å². The summed E-state index contributed by atoms with van der Waals surface area (Å²) < 4.78 is 0. The van der Waals surface area contributed by atoms with Crippen LogP contribution in [0.4, 0.5) is 0 Å². The average molecular weight is 429 g/mol. The van der Waals surface area contributed by atoms with Crippen LogP contribution in [0.2, 0.25) is 0 Å². The zero-order valence-electron chi connectivity index (χ0n) is 18.6. The molecule has 1 aromatic carbocycles. The molecule has 0 bridgehead atoms. The summed E-state index contributed by atoms with van der Waals surface area (Å²) in [6.45, 7) is 1.04. The maximum atomic E-state index is 13.4. The number of piperidine rings is 1. The van der Waals surface area contributed by atoms with Crippen LogP contribution < -0.4 is 0 Å². The highest BCUT2D eigenvalue weighted by Gasteiger charge is 2.44. The highest BCUT2D eigenvalue weighted by Crippen LogP contribution is 2.37. The molecule has 0 saturated carbocycles. The molecule has 6 nitrogen and oxygen atoms in total. The molecule has 1 aliphatic heterocycles. The van der Waals surface area contributed by atoms with Crippen LogP contribution in [0, 0.1) is 5.41 Å². The molecular formula is C26H28N4O2. The minimum atomic E-state index is -0.660. The van der Waals surface area contributed by atoms with Crippen molar-refractivity contribution in [1.82, 2.24) is 19.8 Å². The Bertz CT molecular complexity index is 1090. The first-order chi connectivity index (χ1) is 15.5. The van der Waals surface area contributed by atoms with E-state index >= 15 is 0 Å². The minimum Gasteiger partial charge on any atom is -0.348 e. The Labute approximate surface area is 188 Å². The van der Waals surface area contributed by atoms with Crippen molar-refractivity contribution in [3.05, 3.63) is 84.4 Å². The van der Waals surface area contributed by atoms with Crippen molar-refractivity contribution in [1.29, 1.82) is 0 Å². The maximum absolute atomic E-state index is 13.4. The monoisotopic (exact) mass is 428 g/mol. The summed E-state index contributed by atoms with van der Waals surface area (Å²) in [5.74, 6) is -0.00851. The fourth-order valence-electron chi connectivity index (χ4n) is 4.63. The molecule has 1 fully saturated rings. The highest BCUT2D eigenvalue weighted by atomic mass is 16.2. The van der Waals surface area contributed by atoms with Crippen LogP contribution in [0.3, 0.4) is 0 Å². The van der Waals surface area contributed by atoms with Gasteiger partial charge in [0.1, 0.15) is 0 Å². The summed E-state index contributed by atoms with van der Waals surface area (Å²) in [6.07, 6.45) is 8.95. The topological polar surface area (TPSA) is 66.4 Å². The number of rotatable bonds is 5. The number of pyridine rings is 2. The first kappa shape index (κ1) is 21.7. The number of carbonyl (C=O) groups excluding carboxylic acids is 2. The molecule has 0 unspecified atom stereocenters. The van der Waals surface area contributed by atoms with Crippen LogP contribution in [0.25, 0.3) is 11.1 Å². The molecule has 3 heterocycles. The Morgan fingerprint density at radius 3 is 2.44 bits per heavy atom. The lowest BCUT2D eigenvalue weighted by molar-refractivity contribution is -0.142. The van der Waals surface area contributed by atoms with E-state index in [1.807, 2.05) is 29.3 Å². The number of aromatic nitrogens is 2. The van der Waals surface area contributed by atoms with Crippen molar-refractivity contribution >= 4 is 11.8 Å². The number of hydrogen-bond donors (Lipinski definition) is 0. The van der Waals surface area contributed by atoms with Crippen molar-refractivity contribution in [2.24, 2.45) is 5.41 Å². The largest absolute Gasteiger partial charge is 0.348 e. The Kier molecular flexibility index (Phi) is 6.30. The van der Waals surface area contributed by atoms with Crippen LogP contribution in [0.15, 0.2) is 73.3 Å². The summed E-state index contributed by atoms with van der Waals surface area (Å²) in [6, 6.07) is 15.8. The second kappa shape index (κ2) is 9.30. The molecule has 4 rings (SSSR count). The van der Waals surface area contributed by atoms with E-state index < -0.39 is 5.41 Å². The van der Waals surface area contributed by atoms with Gasteiger partial charge in [-0.15, -0.1) is 0 Å². The van der Waals surface area contributed by atoms with Gasteiger partial charge in [0.15, 0.2) is 0 Å². The molecule has 1 saturated heterocycles. The number of likely N-dealkylation sites (tertiary alicyclic amines) is 1. The van der Waals surface area contributed by atoms with E-state index in [-0.39, 0.29) is 11.8 Å². The van der Waals surface area contributed by atoms with Gasteiger partial charge in [0.05, 0.1) is 11.0 Å². The van der Waals surface area contributed by atoms with Crippen LogP contribution in [0.1, 0.15) is 28.8 Å². The third-order valence-corrected chi connectivity index (χ3v) is 6.10. The van der Waals surface area contributed by atoms with Crippen LogP contribution >= 0.6 is 0 Å². The number of amides is 2. The van der Waals surface area contributed by atoms with Gasteiger partial charge >= 0.3 is 0 Å². The Morgan fingerprint density at radius 1 is 1.00 bits per heavy atom. The first-order valence-electron chi connectivity index (χ1n) is 10.9. The van der Waals surface area contributed by atoms with Gasteiger partial charge in [-0.3, -0.25) is 19.6 Å². The lowest BCUT2D eigenvalue weighted by atomic mass is 9.73. The fourth-order valence-corrected chi connectivity index (χ4v) is 4.63. The maximum Gasteiger partial charge on any atom is 0.255 e. The summed E-state index contributed by atoms with van der Waals surface area (Å²) in [5, 5.41) is 0. The van der Waals surface area contributed by atoms with E-state index in [0.717, 1.165) is 29.5 Å². The molecule has 0 spiro atoms. The van der Waals surface area contributed by atoms with E-state index in [9.17, 15) is 9.59 Å². The van der Waals surface area contributed by atoms with E-state index in [1.165, 1.54) is 0 Å².